The zero-order chi connectivity index (χ0) is 17.0. The fraction of sp³-hybridized carbons (Fsp3) is 0.222. The molecule has 1 N–H and O–H groups in total. The van der Waals surface area contributed by atoms with Gasteiger partial charge in [-0.2, -0.15) is 0 Å². The zero-order valence-electron chi connectivity index (χ0n) is 13.2. The standard InChI is InChI=1S/C18H18BrNO3/c1-18(2,3)23-17(22)14-10-9-13(19)11-15(14)20-16(21)12-7-5-4-6-8-12/h4-11H,1-3H3,(H,20,21). The van der Waals surface area contributed by atoms with Gasteiger partial charge in [0.1, 0.15) is 5.60 Å². The fourth-order valence-corrected chi connectivity index (χ4v) is 2.28. The Labute approximate surface area is 144 Å². The molecule has 120 valence electrons. The Morgan fingerprint density at radius 2 is 1.70 bits per heavy atom. The van der Waals surface area contributed by atoms with E-state index in [9.17, 15) is 9.59 Å². The maximum atomic E-state index is 12.3. The van der Waals surface area contributed by atoms with Gasteiger partial charge in [-0.3, -0.25) is 4.79 Å². The van der Waals surface area contributed by atoms with Crippen LogP contribution in [0.3, 0.4) is 0 Å². The summed E-state index contributed by atoms with van der Waals surface area (Å²) >= 11 is 3.35. The molecule has 0 heterocycles. The number of benzene rings is 2. The molecule has 0 bridgehead atoms. The lowest BCUT2D eigenvalue weighted by atomic mass is 10.1. The summed E-state index contributed by atoms with van der Waals surface area (Å²) in [5.41, 5.74) is 0.628. The quantitative estimate of drug-likeness (QED) is 0.793. The molecule has 0 aromatic heterocycles. The van der Waals surface area contributed by atoms with E-state index in [2.05, 4.69) is 21.2 Å². The monoisotopic (exact) mass is 375 g/mol. The minimum absolute atomic E-state index is 0.284. The molecule has 0 aliphatic rings. The molecule has 4 nitrogen and oxygen atoms in total. The van der Waals surface area contributed by atoms with Gasteiger partial charge in [-0.05, 0) is 51.1 Å². The van der Waals surface area contributed by atoms with Gasteiger partial charge in [0.2, 0.25) is 0 Å². The van der Waals surface area contributed by atoms with Crippen molar-refractivity contribution < 1.29 is 14.3 Å². The van der Waals surface area contributed by atoms with Gasteiger partial charge in [-0.25, -0.2) is 4.79 Å². The van der Waals surface area contributed by atoms with Crippen molar-refractivity contribution in [2.75, 3.05) is 5.32 Å². The van der Waals surface area contributed by atoms with E-state index in [-0.39, 0.29) is 5.91 Å². The number of carbonyl (C=O) groups excluding carboxylic acids is 2. The van der Waals surface area contributed by atoms with Gasteiger partial charge < -0.3 is 10.1 Å². The number of anilines is 1. The highest BCUT2D eigenvalue weighted by Gasteiger charge is 2.21. The maximum absolute atomic E-state index is 12.3. The molecule has 0 aliphatic heterocycles. The molecule has 2 rings (SSSR count). The normalized spacial score (nSPS) is 11.0. The Hall–Kier alpha value is -2.14. The van der Waals surface area contributed by atoms with E-state index in [0.29, 0.717) is 16.8 Å². The molecule has 0 aliphatic carbocycles. The number of nitrogens with one attached hydrogen (secondary N) is 1. The van der Waals surface area contributed by atoms with Crippen molar-refractivity contribution in [3.05, 3.63) is 64.1 Å². The van der Waals surface area contributed by atoms with E-state index >= 15 is 0 Å². The number of amides is 1. The first-order valence-corrected chi connectivity index (χ1v) is 7.95. The highest BCUT2D eigenvalue weighted by molar-refractivity contribution is 9.10. The van der Waals surface area contributed by atoms with Gasteiger partial charge in [-0.15, -0.1) is 0 Å². The molecule has 0 radical (unpaired) electrons. The van der Waals surface area contributed by atoms with Gasteiger partial charge in [0.15, 0.2) is 0 Å². The highest BCUT2D eigenvalue weighted by atomic mass is 79.9. The van der Waals surface area contributed by atoms with Crippen molar-refractivity contribution >= 4 is 33.5 Å². The van der Waals surface area contributed by atoms with E-state index in [0.717, 1.165) is 4.47 Å². The second-order valence-corrected chi connectivity index (χ2v) is 6.93. The van der Waals surface area contributed by atoms with Crippen LogP contribution in [0.15, 0.2) is 53.0 Å². The largest absolute Gasteiger partial charge is 0.456 e. The summed E-state index contributed by atoms with van der Waals surface area (Å²) in [7, 11) is 0. The smallest absolute Gasteiger partial charge is 0.340 e. The molecule has 0 saturated carbocycles. The van der Waals surface area contributed by atoms with Gasteiger partial charge in [-0.1, -0.05) is 34.1 Å². The minimum atomic E-state index is -0.606. The molecule has 1 amide bonds. The van der Waals surface area contributed by atoms with Crippen LogP contribution in [0.4, 0.5) is 5.69 Å². The van der Waals surface area contributed by atoms with Crippen LogP contribution < -0.4 is 5.32 Å². The first-order valence-electron chi connectivity index (χ1n) is 7.15. The molecule has 2 aromatic carbocycles. The molecular weight excluding hydrogens is 358 g/mol. The maximum Gasteiger partial charge on any atom is 0.340 e. The molecule has 0 unspecified atom stereocenters. The number of halogens is 1. The Morgan fingerprint density at radius 3 is 2.30 bits per heavy atom. The molecule has 23 heavy (non-hydrogen) atoms. The molecule has 0 spiro atoms. The average Bonchev–Trinajstić information content (AvgIpc) is 2.46. The Bertz CT molecular complexity index is 721. The van der Waals surface area contributed by atoms with E-state index < -0.39 is 11.6 Å². The van der Waals surface area contributed by atoms with E-state index in [4.69, 9.17) is 4.74 Å². The second-order valence-electron chi connectivity index (χ2n) is 6.01. The summed E-state index contributed by atoms with van der Waals surface area (Å²) in [6.45, 7) is 5.39. The lowest BCUT2D eigenvalue weighted by Crippen LogP contribution is -2.25. The molecule has 5 heteroatoms. The molecule has 0 saturated heterocycles. The van der Waals surface area contributed by atoms with Gasteiger partial charge in [0.25, 0.3) is 5.91 Å². The molecule has 0 fully saturated rings. The van der Waals surface area contributed by atoms with Crippen LogP contribution >= 0.6 is 15.9 Å². The van der Waals surface area contributed by atoms with Crippen molar-refractivity contribution in [3.63, 3.8) is 0 Å². The van der Waals surface area contributed by atoms with Crippen LogP contribution in [0.5, 0.6) is 0 Å². The van der Waals surface area contributed by atoms with Crippen LogP contribution in [-0.2, 0) is 4.74 Å². The Balaban J connectivity index is 2.29. The number of carbonyl (C=O) groups is 2. The van der Waals surface area contributed by atoms with Crippen molar-refractivity contribution in [1.29, 1.82) is 0 Å². The number of hydrogen-bond donors (Lipinski definition) is 1. The third-order valence-corrected chi connectivity index (χ3v) is 3.38. The average molecular weight is 376 g/mol. The van der Waals surface area contributed by atoms with Gasteiger partial charge >= 0.3 is 5.97 Å². The van der Waals surface area contributed by atoms with Crippen molar-refractivity contribution in [2.24, 2.45) is 0 Å². The summed E-state index contributed by atoms with van der Waals surface area (Å²) in [5.74, 6) is -0.762. The first kappa shape index (κ1) is 17.2. The van der Waals surface area contributed by atoms with Crippen molar-refractivity contribution in [1.82, 2.24) is 0 Å². The number of esters is 1. The SMILES string of the molecule is CC(C)(C)OC(=O)c1ccc(Br)cc1NC(=O)c1ccccc1. The third-order valence-electron chi connectivity index (χ3n) is 2.88. The predicted molar refractivity (Wildman–Crippen MR) is 93.7 cm³/mol. The fourth-order valence-electron chi connectivity index (χ4n) is 1.91. The van der Waals surface area contributed by atoms with E-state index in [1.807, 2.05) is 6.07 Å². The lowest BCUT2D eigenvalue weighted by molar-refractivity contribution is 0.00708. The summed E-state index contributed by atoms with van der Waals surface area (Å²) in [6, 6.07) is 13.9. The topological polar surface area (TPSA) is 55.4 Å². The van der Waals surface area contributed by atoms with Gasteiger partial charge in [0.05, 0.1) is 11.3 Å². The van der Waals surface area contributed by atoms with Crippen LogP contribution in [0.2, 0.25) is 0 Å². The second kappa shape index (κ2) is 6.96. The Morgan fingerprint density at radius 1 is 1.04 bits per heavy atom. The van der Waals surface area contributed by atoms with Crippen LogP contribution in [0, 0.1) is 0 Å². The Kier molecular flexibility index (Phi) is 5.21. The summed E-state index contributed by atoms with van der Waals surface area (Å²) in [6.07, 6.45) is 0. The van der Waals surface area contributed by atoms with E-state index in [1.165, 1.54) is 0 Å². The van der Waals surface area contributed by atoms with Crippen LogP contribution in [-0.4, -0.2) is 17.5 Å². The van der Waals surface area contributed by atoms with E-state index in [1.54, 1.807) is 63.2 Å². The highest BCUT2D eigenvalue weighted by Crippen LogP contribution is 2.24. The predicted octanol–water partition coefficient (Wildman–Crippen LogP) is 4.66. The first-order chi connectivity index (χ1) is 10.8. The molecule has 2 aromatic rings. The van der Waals surface area contributed by atoms with Crippen molar-refractivity contribution in [3.8, 4) is 0 Å². The number of ether oxygens (including phenoxy) is 1. The lowest BCUT2D eigenvalue weighted by Gasteiger charge is -2.20. The third kappa shape index (κ3) is 4.93. The summed E-state index contributed by atoms with van der Waals surface area (Å²) < 4.78 is 6.14. The molecule has 0 atom stereocenters. The summed E-state index contributed by atoms with van der Waals surface area (Å²) in [5, 5.41) is 2.76. The molecular formula is C18H18BrNO3. The van der Waals surface area contributed by atoms with Crippen LogP contribution in [0.25, 0.3) is 0 Å². The van der Waals surface area contributed by atoms with Gasteiger partial charge in [0, 0.05) is 10.0 Å². The van der Waals surface area contributed by atoms with Crippen molar-refractivity contribution in [2.45, 2.75) is 26.4 Å². The van der Waals surface area contributed by atoms with Crippen LogP contribution in [0.1, 0.15) is 41.5 Å². The number of hydrogen-bond acceptors (Lipinski definition) is 3. The summed E-state index contributed by atoms with van der Waals surface area (Å²) in [4.78, 5) is 24.6. The zero-order valence-corrected chi connectivity index (χ0v) is 14.8. The minimum Gasteiger partial charge on any atom is -0.456 e. The number of rotatable bonds is 3.